The second-order valence-corrected chi connectivity index (χ2v) is 6.11. The molecule has 23 heavy (non-hydrogen) atoms. The lowest BCUT2D eigenvalue weighted by molar-refractivity contribution is -0.138. The smallest absolute Gasteiger partial charge is 0.303 e. The summed E-state index contributed by atoms with van der Waals surface area (Å²) in [5, 5.41) is 25.6. The molecule has 0 saturated carbocycles. The second kappa shape index (κ2) is 18.9. The first-order valence-corrected chi connectivity index (χ1v) is 9.01. The molecule has 1 unspecified atom stereocenters. The van der Waals surface area contributed by atoms with Crippen molar-refractivity contribution in [3.8, 4) is 0 Å². The Bertz CT molecular complexity index is 257. The average molecular weight is 332 g/mol. The molecular formula is C18H36O5. The number of hydrogen-bond donors (Lipinski definition) is 3. The van der Waals surface area contributed by atoms with Crippen molar-refractivity contribution in [1.29, 1.82) is 0 Å². The van der Waals surface area contributed by atoms with Crippen molar-refractivity contribution in [2.45, 2.75) is 103 Å². The van der Waals surface area contributed by atoms with Crippen LogP contribution in [0.15, 0.2) is 0 Å². The third kappa shape index (κ3) is 29.5. The Kier molecular flexibility index (Phi) is 19.9. The number of carboxylic acids is 2. The highest BCUT2D eigenvalue weighted by atomic mass is 16.4. The summed E-state index contributed by atoms with van der Waals surface area (Å²) < 4.78 is 0. The first kappa shape index (κ1) is 24.2. The summed E-state index contributed by atoms with van der Waals surface area (Å²) in [6.07, 6.45) is 11.8. The minimum absolute atomic E-state index is 0.0955. The van der Waals surface area contributed by atoms with Crippen LogP contribution in [0.25, 0.3) is 0 Å². The van der Waals surface area contributed by atoms with Crippen molar-refractivity contribution in [2.24, 2.45) is 0 Å². The molecule has 0 aromatic rings. The van der Waals surface area contributed by atoms with Crippen LogP contribution in [0, 0.1) is 0 Å². The molecule has 3 N–H and O–H groups in total. The van der Waals surface area contributed by atoms with Crippen molar-refractivity contribution >= 4 is 11.9 Å². The topological polar surface area (TPSA) is 94.8 Å². The molecular weight excluding hydrogens is 296 g/mol. The Balaban J connectivity index is 0. The molecule has 1 atom stereocenters. The maximum absolute atomic E-state index is 10.1. The van der Waals surface area contributed by atoms with E-state index in [0.29, 0.717) is 0 Å². The zero-order valence-corrected chi connectivity index (χ0v) is 14.9. The van der Waals surface area contributed by atoms with Crippen LogP contribution in [0.3, 0.4) is 0 Å². The van der Waals surface area contributed by atoms with Crippen molar-refractivity contribution in [3.05, 3.63) is 0 Å². The van der Waals surface area contributed by atoms with Crippen molar-refractivity contribution in [1.82, 2.24) is 0 Å². The van der Waals surface area contributed by atoms with E-state index in [0.717, 1.165) is 44.9 Å². The highest BCUT2D eigenvalue weighted by molar-refractivity contribution is 5.66. The molecule has 0 spiro atoms. The van der Waals surface area contributed by atoms with E-state index in [4.69, 9.17) is 15.3 Å². The number of rotatable bonds is 14. The summed E-state index contributed by atoms with van der Waals surface area (Å²) in [5.74, 6) is -1.48. The number of carbonyl (C=O) groups is 2. The third-order valence-corrected chi connectivity index (χ3v) is 3.51. The number of aliphatic carboxylic acids is 2. The molecule has 0 aliphatic rings. The van der Waals surface area contributed by atoms with E-state index in [1.807, 2.05) is 6.92 Å². The fraction of sp³-hybridized carbons (Fsp3) is 0.889. The predicted molar refractivity (Wildman–Crippen MR) is 92.6 cm³/mol. The predicted octanol–water partition coefficient (Wildman–Crippen LogP) is 4.61. The van der Waals surface area contributed by atoms with Crippen LogP contribution < -0.4 is 0 Å². The molecule has 0 fully saturated rings. The number of carboxylic acid groups (broad SMARTS) is 2. The van der Waals surface area contributed by atoms with Crippen LogP contribution in [0.1, 0.15) is 97.3 Å². The zero-order chi connectivity index (χ0) is 17.9. The summed E-state index contributed by atoms with van der Waals surface area (Å²) in [4.78, 5) is 20.3. The van der Waals surface area contributed by atoms with Gasteiger partial charge in [0.1, 0.15) is 0 Å². The zero-order valence-electron chi connectivity index (χ0n) is 14.9. The van der Waals surface area contributed by atoms with E-state index in [1.165, 1.54) is 25.7 Å². The number of aliphatic hydroxyl groups excluding tert-OH is 1. The van der Waals surface area contributed by atoms with E-state index >= 15 is 0 Å². The summed E-state index contributed by atoms with van der Waals surface area (Å²) in [6.45, 7) is 4.05. The molecule has 0 rings (SSSR count). The highest BCUT2D eigenvalue weighted by Crippen LogP contribution is 2.08. The molecule has 0 amide bonds. The van der Waals surface area contributed by atoms with Gasteiger partial charge in [-0.3, -0.25) is 9.59 Å². The molecule has 0 radical (unpaired) electrons. The Labute approximate surface area is 141 Å². The first-order chi connectivity index (χ1) is 10.9. The minimum Gasteiger partial charge on any atom is -0.481 e. The van der Waals surface area contributed by atoms with Gasteiger partial charge in [0, 0.05) is 12.8 Å². The van der Waals surface area contributed by atoms with Gasteiger partial charge in [-0.05, 0) is 26.2 Å². The molecule has 0 aliphatic heterocycles. The fourth-order valence-electron chi connectivity index (χ4n) is 2.13. The molecule has 0 heterocycles. The SMILES string of the molecule is CCCCCCC(C)O.O=C(O)CCCCCCCCC(=O)O. The normalized spacial score (nSPS) is 11.4. The van der Waals surface area contributed by atoms with Crippen LogP contribution in [-0.2, 0) is 9.59 Å². The van der Waals surface area contributed by atoms with E-state index in [2.05, 4.69) is 6.92 Å². The van der Waals surface area contributed by atoms with Gasteiger partial charge in [-0.25, -0.2) is 0 Å². The van der Waals surface area contributed by atoms with Gasteiger partial charge in [0.15, 0.2) is 0 Å². The maximum atomic E-state index is 10.1. The molecule has 0 saturated heterocycles. The van der Waals surface area contributed by atoms with Gasteiger partial charge in [-0.2, -0.15) is 0 Å². The molecule has 0 aromatic heterocycles. The minimum atomic E-state index is -0.740. The number of aliphatic hydroxyl groups is 1. The number of unbranched alkanes of at least 4 members (excludes halogenated alkanes) is 8. The van der Waals surface area contributed by atoms with E-state index in [1.54, 1.807) is 0 Å². The van der Waals surface area contributed by atoms with E-state index in [-0.39, 0.29) is 18.9 Å². The summed E-state index contributed by atoms with van der Waals surface area (Å²) in [5.41, 5.74) is 0. The first-order valence-electron chi connectivity index (χ1n) is 9.01. The summed E-state index contributed by atoms with van der Waals surface area (Å²) >= 11 is 0. The molecule has 138 valence electrons. The third-order valence-electron chi connectivity index (χ3n) is 3.51. The van der Waals surface area contributed by atoms with Crippen LogP contribution >= 0.6 is 0 Å². The van der Waals surface area contributed by atoms with Gasteiger partial charge in [-0.1, -0.05) is 58.3 Å². The standard InChI is InChI=1S/C10H18O4.C8H18O/c11-9(12)7-5-3-1-2-4-6-8-10(13)14;1-3-4-5-6-7-8(2)9/h1-8H2,(H,11,12)(H,13,14);8-9H,3-7H2,1-2H3. The Morgan fingerprint density at radius 3 is 1.48 bits per heavy atom. The Hall–Kier alpha value is -1.10. The summed E-state index contributed by atoms with van der Waals surface area (Å²) in [7, 11) is 0. The van der Waals surface area contributed by atoms with Crippen LogP contribution in [0.5, 0.6) is 0 Å². The average Bonchev–Trinajstić information content (AvgIpc) is 2.46. The van der Waals surface area contributed by atoms with Gasteiger partial charge >= 0.3 is 11.9 Å². The van der Waals surface area contributed by atoms with Crippen LogP contribution in [-0.4, -0.2) is 33.4 Å². The van der Waals surface area contributed by atoms with Gasteiger partial charge in [-0.15, -0.1) is 0 Å². The molecule has 5 heteroatoms. The lowest BCUT2D eigenvalue weighted by Crippen LogP contribution is -1.97. The lowest BCUT2D eigenvalue weighted by Gasteiger charge is -2.01. The van der Waals surface area contributed by atoms with Crippen LogP contribution in [0.2, 0.25) is 0 Å². The van der Waals surface area contributed by atoms with Crippen molar-refractivity contribution in [2.75, 3.05) is 0 Å². The van der Waals surface area contributed by atoms with Crippen molar-refractivity contribution in [3.63, 3.8) is 0 Å². The number of hydrogen-bond acceptors (Lipinski definition) is 3. The maximum Gasteiger partial charge on any atom is 0.303 e. The lowest BCUT2D eigenvalue weighted by atomic mass is 10.1. The van der Waals surface area contributed by atoms with Crippen LogP contribution in [0.4, 0.5) is 0 Å². The van der Waals surface area contributed by atoms with Gasteiger partial charge < -0.3 is 15.3 Å². The summed E-state index contributed by atoms with van der Waals surface area (Å²) in [6, 6.07) is 0. The second-order valence-electron chi connectivity index (χ2n) is 6.11. The van der Waals surface area contributed by atoms with E-state index < -0.39 is 11.9 Å². The van der Waals surface area contributed by atoms with Gasteiger partial charge in [0.05, 0.1) is 6.10 Å². The monoisotopic (exact) mass is 332 g/mol. The van der Waals surface area contributed by atoms with E-state index in [9.17, 15) is 9.59 Å². The van der Waals surface area contributed by atoms with Gasteiger partial charge in [0.25, 0.3) is 0 Å². The fourth-order valence-corrected chi connectivity index (χ4v) is 2.13. The van der Waals surface area contributed by atoms with Crippen molar-refractivity contribution < 1.29 is 24.9 Å². The molecule has 0 bridgehead atoms. The Morgan fingerprint density at radius 1 is 0.739 bits per heavy atom. The molecule has 0 aliphatic carbocycles. The quantitative estimate of drug-likeness (QED) is 0.404. The molecule has 0 aromatic carbocycles. The molecule has 5 nitrogen and oxygen atoms in total. The van der Waals surface area contributed by atoms with Gasteiger partial charge in [0.2, 0.25) is 0 Å². The Morgan fingerprint density at radius 2 is 1.13 bits per heavy atom. The highest BCUT2D eigenvalue weighted by Gasteiger charge is 1.98. The largest absolute Gasteiger partial charge is 0.481 e.